The largest absolute Gasteiger partial charge is 0.546 e. The molecule has 1 aliphatic rings. The lowest BCUT2D eigenvalue weighted by Crippen LogP contribution is -2.51. The fourth-order valence-electron chi connectivity index (χ4n) is 6.05. The van der Waals surface area contributed by atoms with Crippen LogP contribution in [-0.4, -0.2) is 85.1 Å². The van der Waals surface area contributed by atoms with Crippen molar-refractivity contribution in [3.63, 3.8) is 0 Å². The van der Waals surface area contributed by atoms with E-state index in [4.69, 9.17) is 18.9 Å². The summed E-state index contributed by atoms with van der Waals surface area (Å²) >= 11 is 0. The molecule has 0 unspecified atom stereocenters. The second-order valence-corrected chi connectivity index (χ2v) is 13.1. The van der Waals surface area contributed by atoms with Crippen LogP contribution in [-0.2, 0) is 25.5 Å². The molecular weight excluding hydrogens is 713 g/mol. The number of aryl methyl sites for hydroxylation is 2. The number of carboxylic acid groups (broad SMARTS) is 2. The van der Waals surface area contributed by atoms with Gasteiger partial charge >= 0.3 is 17.9 Å². The van der Waals surface area contributed by atoms with Gasteiger partial charge in [-0.25, -0.2) is 18.8 Å². The minimum atomic E-state index is -2.33. The summed E-state index contributed by atoms with van der Waals surface area (Å²) in [5.41, 5.74) is 3.67. The van der Waals surface area contributed by atoms with Gasteiger partial charge in [-0.05, 0) is 100 Å². The van der Waals surface area contributed by atoms with Crippen molar-refractivity contribution in [2.75, 3.05) is 33.9 Å². The molecule has 5 rings (SSSR count). The van der Waals surface area contributed by atoms with E-state index in [1.165, 1.54) is 36.4 Å². The molecule has 1 saturated heterocycles. The van der Waals surface area contributed by atoms with Crippen molar-refractivity contribution in [3.8, 4) is 11.5 Å². The molecular formula is C42H45FNO11-. The third-order valence-electron chi connectivity index (χ3n) is 9.25. The number of carbonyl (C=O) groups is 4. The summed E-state index contributed by atoms with van der Waals surface area (Å²) in [6, 6.07) is 24.3. The summed E-state index contributed by atoms with van der Waals surface area (Å²) in [6.45, 7) is 6.43. The maximum Gasteiger partial charge on any atom is 0.349 e. The van der Waals surface area contributed by atoms with E-state index in [2.05, 4.69) is 4.90 Å². The number of aliphatic carboxylic acids is 2. The Morgan fingerprint density at radius 1 is 0.782 bits per heavy atom. The summed E-state index contributed by atoms with van der Waals surface area (Å²) in [6.07, 6.45) is -2.39. The van der Waals surface area contributed by atoms with Gasteiger partial charge in [-0.1, -0.05) is 59.7 Å². The van der Waals surface area contributed by atoms with Crippen molar-refractivity contribution in [2.45, 2.75) is 51.4 Å². The third-order valence-corrected chi connectivity index (χ3v) is 9.25. The van der Waals surface area contributed by atoms with Crippen molar-refractivity contribution in [3.05, 3.63) is 130 Å². The molecule has 4 aromatic carbocycles. The number of likely N-dealkylation sites (tertiary alicyclic amines) is 1. The number of carboxylic acids is 2. The van der Waals surface area contributed by atoms with Gasteiger partial charge in [0, 0.05) is 12.1 Å². The van der Waals surface area contributed by atoms with Gasteiger partial charge in [0.05, 0.1) is 37.4 Å². The molecule has 292 valence electrons. The zero-order chi connectivity index (χ0) is 40.1. The number of esters is 2. The maximum atomic E-state index is 13.0. The highest BCUT2D eigenvalue weighted by molar-refractivity contribution is 5.95. The van der Waals surface area contributed by atoms with Crippen molar-refractivity contribution >= 4 is 23.9 Å². The van der Waals surface area contributed by atoms with E-state index >= 15 is 0 Å². The van der Waals surface area contributed by atoms with Crippen molar-refractivity contribution in [2.24, 2.45) is 5.92 Å². The SMILES string of the molecule is COc1cccc([C@@H](O)C2CCN(CCc3ccc(F)cc3)CC2)c1OC.Cc1ccc(C(=O)O[C@H](C(=O)O)[C@@H](OC(=O)c2ccc(C)cc2)C(=O)[O-])cc1. The highest BCUT2D eigenvalue weighted by Gasteiger charge is 2.37. The average Bonchev–Trinajstić information content (AvgIpc) is 3.19. The number of para-hydroxylation sites is 1. The molecule has 0 aromatic heterocycles. The first-order valence-electron chi connectivity index (χ1n) is 17.7. The van der Waals surface area contributed by atoms with Crippen LogP contribution in [0.25, 0.3) is 0 Å². The molecule has 1 aliphatic heterocycles. The van der Waals surface area contributed by atoms with Gasteiger partial charge in [0.1, 0.15) is 5.82 Å². The molecule has 3 atom stereocenters. The van der Waals surface area contributed by atoms with Crippen LogP contribution in [0.2, 0.25) is 0 Å². The van der Waals surface area contributed by atoms with E-state index < -0.39 is 42.2 Å². The molecule has 13 heteroatoms. The van der Waals surface area contributed by atoms with Crippen LogP contribution in [0, 0.1) is 25.6 Å². The Labute approximate surface area is 319 Å². The lowest BCUT2D eigenvalue weighted by atomic mass is 9.87. The van der Waals surface area contributed by atoms with E-state index in [0.29, 0.717) is 11.5 Å². The molecule has 0 saturated carbocycles. The minimum absolute atomic E-state index is 0.00542. The van der Waals surface area contributed by atoms with Gasteiger partial charge in [-0.2, -0.15) is 0 Å². The van der Waals surface area contributed by atoms with Gasteiger partial charge in [-0.3, -0.25) is 0 Å². The van der Waals surface area contributed by atoms with Crippen molar-refractivity contribution < 1.29 is 57.8 Å². The highest BCUT2D eigenvalue weighted by Crippen LogP contribution is 2.40. The summed E-state index contributed by atoms with van der Waals surface area (Å²) in [7, 11) is 3.21. The standard InChI is InChI=1S/C22H28FNO3.C20H18O8/c1-26-20-5-3-4-19(22(20)27-2)21(25)17-11-14-24(15-12-17)13-10-16-6-8-18(23)9-7-16;1-11-3-7-13(8-4-11)19(25)27-15(17(21)22)16(18(23)24)28-20(26)14-9-5-12(2)6-10-14/h3-9,17,21,25H,10-15H2,1-2H3;3-10,15-16H,1-2H3,(H,21,22)(H,23,24)/p-1/t21-;15-,16+/m0./s1. The number of halogens is 1. The van der Waals surface area contributed by atoms with Gasteiger partial charge < -0.3 is 44.0 Å². The predicted octanol–water partition coefficient (Wildman–Crippen LogP) is 4.72. The van der Waals surface area contributed by atoms with Gasteiger partial charge in [0.2, 0.25) is 6.10 Å². The Hall–Kier alpha value is -5.79. The molecule has 1 heterocycles. The number of nitrogens with zero attached hydrogens (tertiary/aromatic N) is 1. The van der Waals surface area contributed by atoms with Gasteiger partial charge in [-0.15, -0.1) is 0 Å². The third kappa shape index (κ3) is 11.8. The fraction of sp³-hybridized carbons (Fsp3) is 0.333. The number of aliphatic hydroxyl groups is 1. The number of benzene rings is 4. The molecule has 0 radical (unpaired) electrons. The van der Waals surface area contributed by atoms with Crippen LogP contribution in [0.15, 0.2) is 91.0 Å². The lowest BCUT2D eigenvalue weighted by Gasteiger charge is -2.34. The molecule has 55 heavy (non-hydrogen) atoms. The normalized spacial score (nSPS) is 14.7. The van der Waals surface area contributed by atoms with Crippen LogP contribution in [0.4, 0.5) is 4.39 Å². The van der Waals surface area contributed by atoms with Gasteiger partial charge in [0.15, 0.2) is 17.6 Å². The maximum absolute atomic E-state index is 13.0. The first-order chi connectivity index (χ1) is 26.3. The van der Waals surface area contributed by atoms with E-state index in [1.807, 2.05) is 30.3 Å². The van der Waals surface area contributed by atoms with Crippen molar-refractivity contribution in [1.29, 1.82) is 0 Å². The number of methoxy groups -OCH3 is 2. The number of rotatable bonds is 14. The topological polar surface area (TPSA) is 172 Å². The Bertz CT molecular complexity index is 1820. The molecule has 4 aromatic rings. The van der Waals surface area contributed by atoms with E-state index in [1.54, 1.807) is 52.3 Å². The molecule has 0 amide bonds. The minimum Gasteiger partial charge on any atom is -0.546 e. The first kappa shape index (κ1) is 42.0. The Morgan fingerprint density at radius 2 is 1.31 bits per heavy atom. The molecule has 0 spiro atoms. The monoisotopic (exact) mass is 758 g/mol. The summed E-state index contributed by atoms with van der Waals surface area (Å²) in [5.74, 6) is -4.71. The zero-order valence-electron chi connectivity index (χ0n) is 31.1. The number of hydrogen-bond donors (Lipinski definition) is 2. The van der Waals surface area contributed by atoms with Crippen LogP contribution < -0.4 is 14.6 Å². The predicted molar refractivity (Wildman–Crippen MR) is 197 cm³/mol. The van der Waals surface area contributed by atoms with Crippen LogP contribution in [0.5, 0.6) is 11.5 Å². The Kier molecular flexibility index (Phi) is 15.3. The number of aliphatic hydroxyl groups excluding tert-OH is 1. The Balaban J connectivity index is 0.000000245. The smallest absolute Gasteiger partial charge is 0.349 e. The second-order valence-electron chi connectivity index (χ2n) is 13.1. The number of ether oxygens (including phenoxy) is 4. The van der Waals surface area contributed by atoms with Crippen molar-refractivity contribution in [1.82, 2.24) is 4.90 Å². The quantitative estimate of drug-likeness (QED) is 0.170. The van der Waals surface area contributed by atoms with E-state index in [0.717, 1.165) is 61.2 Å². The number of hydrogen-bond acceptors (Lipinski definition) is 11. The Morgan fingerprint density at radius 3 is 1.78 bits per heavy atom. The second kappa shape index (κ2) is 20.0. The summed E-state index contributed by atoms with van der Waals surface area (Å²) in [5, 5.41) is 31.6. The van der Waals surface area contributed by atoms with Crippen LogP contribution in [0.3, 0.4) is 0 Å². The molecule has 1 fully saturated rings. The average molecular weight is 759 g/mol. The van der Waals surface area contributed by atoms with E-state index in [-0.39, 0.29) is 22.9 Å². The van der Waals surface area contributed by atoms with Crippen LogP contribution >= 0.6 is 0 Å². The molecule has 0 bridgehead atoms. The van der Waals surface area contributed by atoms with Crippen LogP contribution in [0.1, 0.15) is 61.9 Å². The summed E-state index contributed by atoms with van der Waals surface area (Å²) < 4.78 is 33.3. The molecule has 2 N–H and O–H groups in total. The first-order valence-corrected chi connectivity index (χ1v) is 17.7. The summed E-state index contributed by atoms with van der Waals surface area (Å²) in [4.78, 5) is 49.6. The lowest BCUT2D eigenvalue weighted by molar-refractivity contribution is -0.317. The molecule has 12 nitrogen and oxygen atoms in total. The zero-order valence-corrected chi connectivity index (χ0v) is 31.1. The van der Waals surface area contributed by atoms with E-state index in [9.17, 15) is 38.9 Å². The molecule has 0 aliphatic carbocycles. The number of piperidine rings is 1. The van der Waals surface area contributed by atoms with Gasteiger partial charge in [0.25, 0.3) is 0 Å². The fourth-order valence-corrected chi connectivity index (χ4v) is 6.05. The highest BCUT2D eigenvalue weighted by atomic mass is 19.1. The number of carbonyl (C=O) groups excluding carboxylic acids is 3.